The summed E-state index contributed by atoms with van der Waals surface area (Å²) in [7, 11) is 3.24. The number of rotatable bonds is 5. The molecule has 4 nitrogen and oxygen atoms in total. The number of hydrogen-bond donors (Lipinski definition) is 1. The summed E-state index contributed by atoms with van der Waals surface area (Å²) in [6.07, 6.45) is 0. The third-order valence-corrected chi connectivity index (χ3v) is 3.45. The molecule has 0 heterocycles. The summed E-state index contributed by atoms with van der Waals surface area (Å²) >= 11 is 3.45. The number of anilines is 1. The van der Waals surface area contributed by atoms with Crippen molar-refractivity contribution < 1.29 is 14.2 Å². The maximum atomic E-state index is 5.87. The van der Waals surface area contributed by atoms with Crippen LogP contribution in [0.15, 0.2) is 40.9 Å². The fourth-order valence-electron chi connectivity index (χ4n) is 1.73. The van der Waals surface area contributed by atoms with Crippen LogP contribution in [0.5, 0.6) is 17.2 Å². The molecule has 0 amide bonds. The number of halogens is 1. The van der Waals surface area contributed by atoms with Gasteiger partial charge in [-0.05, 0) is 45.8 Å². The molecule has 2 rings (SSSR count). The molecule has 0 atom stereocenters. The fraction of sp³-hybridized carbons (Fsp3) is 0.200. The Balaban J connectivity index is 2.10. The van der Waals surface area contributed by atoms with Crippen molar-refractivity contribution in [2.24, 2.45) is 0 Å². The van der Waals surface area contributed by atoms with Gasteiger partial charge in [0.25, 0.3) is 0 Å². The second-order valence-electron chi connectivity index (χ2n) is 4.16. The van der Waals surface area contributed by atoms with E-state index in [0.29, 0.717) is 23.8 Å². The molecule has 2 N–H and O–H groups in total. The molecule has 0 aromatic heterocycles. The van der Waals surface area contributed by atoms with E-state index in [1.54, 1.807) is 32.4 Å². The van der Waals surface area contributed by atoms with Crippen molar-refractivity contribution in [3.63, 3.8) is 0 Å². The normalized spacial score (nSPS) is 10.2. The zero-order valence-corrected chi connectivity index (χ0v) is 12.9. The van der Waals surface area contributed by atoms with Crippen LogP contribution in [0.25, 0.3) is 0 Å². The Bertz CT molecular complexity index is 602. The predicted octanol–water partition coefficient (Wildman–Crippen LogP) is 3.63. The number of ether oxygens (including phenoxy) is 3. The maximum absolute atomic E-state index is 5.87. The van der Waals surface area contributed by atoms with Gasteiger partial charge in [-0.1, -0.05) is 6.07 Å². The highest BCUT2D eigenvalue weighted by Gasteiger charge is 2.05. The number of hydrogen-bond acceptors (Lipinski definition) is 4. The maximum Gasteiger partial charge on any atom is 0.146 e. The van der Waals surface area contributed by atoms with Crippen molar-refractivity contribution in [2.45, 2.75) is 6.61 Å². The molecule has 0 spiro atoms. The molecule has 0 unspecified atom stereocenters. The average molecular weight is 338 g/mol. The molecule has 0 aliphatic heterocycles. The third-order valence-electron chi connectivity index (χ3n) is 2.83. The first kappa shape index (κ1) is 14.5. The van der Waals surface area contributed by atoms with Crippen LogP contribution < -0.4 is 19.9 Å². The van der Waals surface area contributed by atoms with Gasteiger partial charge >= 0.3 is 0 Å². The molecule has 0 radical (unpaired) electrons. The highest BCUT2D eigenvalue weighted by Crippen LogP contribution is 2.29. The second-order valence-corrected chi connectivity index (χ2v) is 5.02. The molecule has 0 fully saturated rings. The topological polar surface area (TPSA) is 53.7 Å². The highest BCUT2D eigenvalue weighted by atomic mass is 79.9. The Kier molecular flexibility index (Phi) is 4.74. The van der Waals surface area contributed by atoms with E-state index < -0.39 is 0 Å². The lowest BCUT2D eigenvalue weighted by Gasteiger charge is -2.11. The molecule has 2 aromatic carbocycles. The third kappa shape index (κ3) is 3.36. The fourth-order valence-corrected chi connectivity index (χ4v) is 2.32. The minimum absolute atomic E-state index is 0.417. The second kappa shape index (κ2) is 6.52. The first-order chi connectivity index (χ1) is 9.63. The monoisotopic (exact) mass is 337 g/mol. The summed E-state index contributed by atoms with van der Waals surface area (Å²) < 4.78 is 17.0. The van der Waals surface area contributed by atoms with Gasteiger partial charge in [0, 0.05) is 6.07 Å². The van der Waals surface area contributed by atoms with E-state index in [1.807, 2.05) is 18.2 Å². The number of nitrogens with two attached hydrogens (primary N) is 1. The van der Waals surface area contributed by atoms with Gasteiger partial charge in [-0.3, -0.25) is 0 Å². The first-order valence-corrected chi connectivity index (χ1v) is 6.82. The lowest BCUT2D eigenvalue weighted by Crippen LogP contribution is -1.99. The van der Waals surface area contributed by atoms with E-state index in [4.69, 9.17) is 19.9 Å². The van der Waals surface area contributed by atoms with Gasteiger partial charge in [-0.2, -0.15) is 0 Å². The van der Waals surface area contributed by atoms with Gasteiger partial charge in [-0.15, -0.1) is 0 Å². The molecule has 20 heavy (non-hydrogen) atoms. The molecule has 0 aliphatic carbocycles. The van der Waals surface area contributed by atoms with Crippen LogP contribution >= 0.6 is 15.9 Å². The standard InChI is InChI=1S/C15H16BrNO3/c1-18-11-4-5-13(17)15(8-11)20-9-10-3-6-14(19-2)12(16)7-10/h3-8H,9,17H2,1-2H3. The van der Waals surface area contributed by atoms with Crippen molar-refractivity contribution in [3.8, 4) is 17.2 Å². The van der Waals surface area contributed by atoms with E-state index >= 15 is 0 Å². The molecule has 2 aromatic rings. The Morgan fingerprint density at radius 3 is 2.45 bits per heavy atom. The van der Waals surface area contributed by atoms with Gasteiger partial charge in [0.15, 0.2) is 0 Å². The molecule has 5 heteroatoms. The lowest BCUT2D eigenvalue weighted by atomic mass is 10.2. The number of benzene rings is 2. The SMILES string of the molecule is COc1ccc(N)c(OCc2ccc(OC)c(Br)c2)c1. The molecule has 0 aliphatic rings. The number of methoxy groups -OCH3 is 2. The van der Waals surface area contributed by atoms with Gasteiger partial charge in [0.1, 0.15) is 23.9 Å². The summed E-state index contributed by atoms with van der Waals surface area (Å²) in [5, 5.41) is 0. The Morgan fingerprint density at radius 2 is 1.80 bits per heavy atom. The minimum Gasteiger partial charge on any atom is -0.497 e. The van der Waals surface area contributed by atoms with Crippen molar-refractivity contribution >= 4 is 21.6 Å². The van der Waals surface area contributed by atoms with Crippen molar-refractivity contribution in [2.75, 3.05) is 20.0 Å². The van der Waals surface area contributed by atoms with Crippen LogP contribution in [-0.2, 0) is 6.61 Å². The Labute approximate surface area is 126 Å². The first-order valence-electron chi connectivity index (χ1n) is 6.02. The van der Waals surface area contributed by atoms with Crippen LogP contribution in [0, 0.1) is 0 Å². The molecule has 0 saturated heterocycles. The Morgan fingerprint density at radius 1 is 1.00 bits per heavy atom. The summed E-state index contributed by atoms with van der Waals surface area (Å²) in [5.41, 5.74) is 7.47. The van der Waals surface area contributed by atoms with E-state index in [1.165, 1.54) is 0 Å². The summed E-state index contributed by atoms with van der Waals surface area (Å²) in [6.45, 7) is 0.417. The smallest absolute Gasteiger partial charge is 0.146 e. The van der Waals surface area contributed by atoms with Gasteiger partial charge in [0.2, 0.25) is 0 Å². The van der Waals surface area contributed by atoms with E-state index in [0.717, 1.165) is 15.8 Å². The highest BCUT2D eigenvalue weighted by molar-refractivity contribution is 9.10. The number of nitrogen functional groups attached to an aromatic ring is 1. The molecule has 0 bridgehead atoms. The van der Waals surface area contributed by atoms with Crippen molar-refractivity contribution in [1.82, 2.24) is 0 Å². The van der Waals surface area contributed by atoms with Crippen molar-refractivity contribution in [3.05, 3.63) is 46.4 Å². The summed E-state index contributed by atoms with van der Waals surface area (Å²) in [6, 6.07) is 11.1. The quantitative estimate of drug-likeness (QED) is 0.846. The van der Waals surface area contributed by atoms with Crippen LogP contribution in [0.3, 0.4) is 0 Å². The summed E-state index contributed by atoms with van der Waals surface area (Å²) in [5.74, 6) is 2.11. The zero-order chi connectivity index (χ0) is 14.5. The van der Waals surface area contributed by atoms with Gasteiger partial charge in [-0.25, -0.2) is 0 Å². The van der Waals surface area contributed by atoms with E-state index in [-0.39, 0.29) is 0 Å². The van der Waals surface area contributed by atoms with Crippen molar-refractivity contribution in [1.29, 1.82) is 0 Å². The van der Waals surface area contributed by atoms with Crippen LogP contribution in [0.2, 0.25) is 0 Å². The minimum atomic E-state index is 0.417. The predicted molar refractivity (Wildman–Crippen MR) is 82.4 cm³/mol. The summed E-state index contributed by atoms with van der Waals surface area (Å²) in [4.78, 5) is 0. The molecular formula is C15H16BrNO3. The van der Waals surface area contributed by atoms with Crippen LogP contribution in [0.4, 0.5) is 5.69 Å². The Hall–Kier alpha value is -1.88. The van der Waals surface area contributed by atoms with E-state index in [9.17, 15) is 0 Å². The largest absolute Gasteiger partial charge is 0.497 e. The van der Waals surface area contributed by atoms with Gasteiger partial charge < -0.3 is 19.9 Å². The average Bonchev–Trinajstić information content (AvgIpc) is 2.46. The molecule has 0 saturated carbocycles. The van der Waals surface area contributed by atoms with Gasteiger partial charge in [0.05, 0.1) is 24.4 Å². The van der Waals surface area contributed by atoms with Crippen LogP contribution in [-0.4, -0.2) is 14.2 Å². The van der Waals surface area contributed by atoms with E-state index in [2.05, 4.69) is 15.9 Å². The molecule has 106 valence electrons. The lowest BCUT2D eigenvalue weighted by molar-refractivity contribution is 0.305. The zero-order valence-electron chi connectivity index (χ0n) is 11.4. The van der Waals surface area contributed by atoms with Crippen LogP contribution in [0.1, 0.15) is 5.56 Å². The molecular weight excluding hydrogens is 322 g/mol.